The molecule has 0 aliphatic rings. The first-order valence-corrected chi connectivity index (χ1v) is 8.98. The van der Waals surface area contributed by atoms with Crippen LogP contribution in [0.3, 0.4) is 0 Å². The molecule has 136 valence electrons. The summed E-state index contributed by atoms with van der Waals surface area (Å²) in [6, 6.07) is 14.9. The zero-order chi connectivity index (χ0) is 18.4. The minimum atomic E-state index is 0.191. The van der Waals surface area contributed by atoms with E-state index in [9.17, 15) is 5.11 Å². The predicted molar refractivity (Wildman–Crippen MR) is 104 cm³/mol. The van der Waals surface area contributed by atoms with E-state index >= 15 is 0 Å². The molecule has 25 heavy (non-hydrogen) atoms. The van der Waals surface area contributed by atoms with Gasteiger partial charge in [-0.1, -0.05) is 51.1 Å². The summed E-state index contributed by atoms with van der Waals surface area (Å²) in [5.41, 5.74) is 4.05. The van der Waals surface area contributed by atoms with Crippen molar-refractivity contribution < 1.29 is 9.84 Å². The van der Waals surface area contributed by atoms with Crippen LogP contribution in [0.15, 0.2) is 42.5 Å². The second kappa shape index (κ2) is 8.39. The Kier molecular flexibility index (Phi) is 6.49. The zero-order valence-corrected chi connectivity index (χ0v) is 16.1. The van der Waals surface area contributed by atoms with Crippen LogP contribution in [0.4, 0.5) is 0 Å². The Balaban J connectivity index is 1.81. The number of ether oxygens (including phenoxy) is 1. The molecule has 1 unspecified atom stereocenters. The molecule has 0 aliphatic heterocycles. The molecule has 3 heteroatoms. The average molecular weight is 341 g/mol. The minimum absolute atomic E-state index is 0.191. The molecule has 0 aliphatic carbocycles. The van der Waals surface area contributed by atoms with Crippen molar-refractivity contribution in [2.24, 2.45) is 0 Å². The highest BCUT2D eigenvalue weighted by atomic mass is 16.5. The molecule has 2 aromatic carbocycles. The predicted octanol–water partition coefficient (Wildman–Crippen LogP) is 4.81. The van der Waals surface area contributed by atoms with Crippen molar-refractivity contribution in [2.75, 3.05) is 7.11 Å². The largest absolute Gasteiger partial charge is 0.504 e. The monoisotopic (exact) mass is 341 g/mol. The smallest absolute Gasteiger partial charge is 0.160 e. The minimum Gasteiger partial charge on any atom is -0.504 e. The van der Waals surface area contributed by atoms with Crippen molar-refractivity contribution in [1.82, 2.24) is 5.32 Å². The summed E-state index contributed by atoms with van der Waals surface area (Å²) in [5, 5.41) is 13.2. The van der Waals surface area contributed by atoms with Gasteiger partial charge in [-0.25, -0.2) is 0 Å². The molecule has 2 rings (SSSR count). The molecule has 0 saturated carbocycles. The highest BCUT2D eigenvalue weighted by molar-refractivity contribution is 5.41. The van der Waals surface area contributed by atoms with Gasteiger partial charge in [0.25, 0.3) is 0 Å². The molecule has 0 bridgehead atoms. The van der Waals surface area contributed by atoms with Gasteiger partial charge in [-0.15, -0.1) is 0 Å². The van der Waals surface area contributed by atoms with Crippen molar-refractivity contribution in [3.63, 3.8) is 0 Å². The third-order valence-electron chi connectivity index (χ3n) is 4.58. The molecule has 2 aromatic rings. The Hall–Kier alpha value is -2.00. The highest BCUT2D eigenvalue weighted by Gasteiger charge is 2.13. The van der Waals surface area contributed by atoms with Gasteiger partial charge in [0.05, 0.1) is 7.11 Å². The maximum atomic E-state index is 9.65. The van der Waals surface area contributed by atoms with Gasteiger partial charge in [0, 0.05) is 12.6 Å². The van der Waals surface area contributed by atoms with E-state index in [0.29, 0.717) is 11.8 Å². The lowest BCUT2D eigenvalue weighted by molar-refractivity contribution is 0.372. The first-order chi connectivity index (χ1) is 11.8. The lowest BCUT2D eigenvalue weighted by Crippen LogP contribution is -2.26. The van der Waals surface area contributed by atoms with E-state index in [-0.39, 0.29) is 11.2 Å². The summed E-state index contributed by atoms with van der Waals surface area (Å²) in [6.45, 7) is 9.80. The van der Waals surface area contributed by atoms with Crippen LogP contribution in [0, 0.1) is 0 Å². The maximum absolute atomic E-state index is 9.65. The van der Waals surface area contributed by atoms with Gasteiger partial charge in [0.15, 0.2) is 11.5 Å². The van der Waals surface area contributed by atoms with Gasteiger partial charge >= 0.3 is 0 Å². The van der Waals surface area contributed by atoms with Crippen LogP contribution in [-0.2, 0) is 18.4 Å². The Morgan fingerprint density at radius 1 is 1.04 bits per heavy atom. The third kappa shape index (κ3) is 5.79. The summed E-state index contributed by atoms with van der Waals surface area (Å²) in [7, 11) is 1.58. The van der Waals surface area contributed by atoms with E-state index in [0.717, 1.165) is 19.4 Å². The highest BCUT2D eigenvalue weighted by Crippen LogP contribution is 2.27. The van der Waals surface area contributed by atoms with Crippen LogP contribution in [0.1, 0.15) is 50.8 Å². The molecule has 0 fully saturated rings. The Bertz CT molecular complexity index is 671. The van der Waals surface area contributed by atoms with E-state index < -0.39 is 0 Å². The number of aryl methyl sites for hydroxylation is 1. The SMILES string of the molecule is COc1cc(CCC(C)NCc2ccc(C(C)(C)C)cc2)ccc1O. The Morgan fingerprint density at radius 3 is 2.28 bits per heavy atom. The normalized spacial score (nSPS) is 12.8. The van der Waals surface area contributed by atoms with Crippen LogP contribution < -0.4 is 10.1 Å². The lowest BCUT2D eigenvalue weighted by Gasteiger charge is -2.19. The Labute approximate surface area is 152 Å². The average Bonchev–Trinajstić information content (AvgIpc) is 2.58. The molecule has 0 heterocycles. The van der Waals surface area contributed by atoms with Crippen LogP contribution in [0.2, 0.25) is 0 Å². The number of aromatic hydroxyl groups is 1. The fourth-order valence-corrected chi connectivity index (χ4v) is 2.78. The number of phenols is 1. The number of phenolic OH excluding ortho intramolecular Hbond substituents is 1. The van der Waals surface area contributed by atoms with Gasteiger partial charge in [-0.2, -0.15) is 0 Å². The van der Waals surface area contributed by atoms with Crippen molar-refractivity contribution in [1.29, 1.82) is 0 Å². The van der Waals surface area contributed by atoms with Crippen LogP contribution in [0.25, 0.3) is 0 Å². The van der Waals surface area contributed by atoms with Gasteiger partial charge in [0.2, 0.25) is 0 Å². The number of hydrogen-bond acceptors (Lipinski definition) is 3. The third-order valence-corrected chi connectivity index (χ3v) is 4.58. The van der Waals surface area contributed by atoms with Crippen molar-refractivity contribution >= 4 is 0 Å². The number of rotatable bonds is 7. The lowest BCUT2D eigenvalue weighted by atomic mass is 9.87. The fraction of sp³-hybridized carbons (Fsp3) is 0.455. The van der Waals surface area contributed by atoms with Crippen LogP contribution in [0.5, 0.6) is 11.5 Å². The van der Waals surface area contributed by atoms with E-state index in [1.54, 1.807) is 13.2 Å². The first kappa shape index (κ1) is 19.3. The topological polar surface area (TPSA) is 41.5 Å². The van der Waals surface area contributed by atoms with E-state index in [1.807, 2.05) is 12.1 Å². The van der Waals surface area contributed by atoms with Crippen molar-refractivity contribution in [2.45, 2.75) is 58.5 Å². The molecule has 2 N–H and O–H groups in total. The second-order valence-corrected chi connectivity index (χ2v) is 7.77. The van der Waals surface area contributed by atoms with Gasteiger partial charge < -0.3 is 15.2 Å². The zero-order valence-electron chi connectivity index (χ0n) is 16.1. The van der Waals surface area contributed by atoms with Crippen molar-refractivity contribution in [3.8, 4) is 11.5 Å². The molecular formula is C22H31NO2. The summed E-state index contributed by atoms with van der Waals surface area (Å²) in [5.74, 6) is 0.730. The number of nitrogens with one attached hydrogen (secondary N) is 1. The molecule has 1 atom stereocenters. The van der Waals surface area contributed by atoms with E-state index in [2.05, 4.69) is 57.3 Å². The first-order valence-electron chi connectivity index (χ1n) is 8.98. The van der Waals surface area contributed by atoms with Gasteiger partial charge in [-0.3, -0.25) is 0 Å². The molecule has 0 amide bonds. The number of methoxy groups -OCH3 is 1. The van der Waals surface area contributed by atoms with Crippen molar-refractivity contribution in [3.05, 3.63) is 59.2 Å². The summed E-state index contributed by atoms with van der Waals surface area (Å²) < 4.78 is 5.17. The molecular weight excluding hydrogens is 310 g/mol. The number of benzene rings is 2. The molecule has 0 radical (unpaired) electrons. The molecule has 0 aromatic heterocycles. The van der Waals surface area contributed by atoms with E-state index in [4.69, 9.17) is 4.74 Å². The number of hydrogen-bond donors (Lipinski definition) is 2. The molecule has 0 spiro atoms. The summed E-state index contributed by atoms with van der Waals surface area (Å²) in [6.07, 6.45) is 1.99. The summed E-state index contributed by atoms with van der Waals surface area (Å²) >= 11 is 0. The Morgan fingerprint density at radius 2 is 1.68 bits per heavy atom. The standard InChI is InChI=1S/C22H31NO2/c1-16(6-7-17-10-13-20(24)21(14-17)25-5)23-15-18-8-11-19(12-9-18)22(2,3)4/h8-14,16,23-24H,6-7,15H2,1-5H3. The second-order valence-electron chi connectivity index (χ2n) is 7.77. The van der Waals surface area contributed by atoms with Crippen LogP contribution in [-0.4, -0.2) is 18.3 Å². The molecule has 3 nitrogen and oxygen atoms in total. The van der Waals surface area contributed by atoms with E-state index in [1.165, 1.54) is 16.7 Å². The quantitative estimate of drug-likeness (QED) is 0.759. The molecule has 0 saturated heterocycles. The summed E-state index contributed by atoms with van der Waals surface area (Å²) in [4.78, 5) is 0. The maximum Gasteiger partial charge on any atom is 0.160 e. The van der Waals surface area contributed by atoms with Crippen LogP contribution >= 0.6 is 0 Å². The van der Waals surface area contributed by atoms with Gasteiger partial charge in [-0.05, 0) is 54.0 Å². The van der Waals surface area contributed by atoms with Gasteiger partial charge in [0.1, 0.15) is 0 Å². The fourth-order valence-electron chi connectivity index (χ4n) is 2.78.